The number of nitrogens with one attached hydrogen (secondary N) is 3. The maximum atomic E-state index is 12.7. The molecule has 0 aromatic heterocycles. The Labute approximate surface area is 175 Å². The second-order valence-electron chi connectivity index (χ2n) is 8.50. The van der Waals surface area contributed by atoms with E-state index in [0.29, 0.717) is 18.4 Å². The van der Waals surface area contributed by atoms with Gasteiger partial charge in [-0.25, -0.2) is 0 Å². The summed E-state index contributed by atoms with van der Waals surface area (Å²) in [5, 5.41) is 26.2. The molecule has 1 aliphatic carbocycles. The molecule has 9 nitrogen and oxygen atoms in total. The Kier molecular flexibility index (Phi) is 7.74. The third-order valence-corrected chi connectivity index (χ3v) is 4.41. The number of Topliss-reactive ketones (excluding diaryl/α,β-unsaturated/α-hetero) is 1. The molecule has 5 N–H and O–H groups in total. The highest BCUT2D eigenvalue weighted by Crippen LogP contribution is 2.29. The van der Waals surface area contributed by atoms with E-state index in [-0.39, 0.29) is 24.3 Å². The molecule has 1 fully saturated rings. The quantitative estimate of drug-likeness (QED) is 0.251. The van der Waals surface area contributed by atoms with E-state index in [1.165, 1.54) is 12.1 Å². The van der Waals surface area contributed by atoms with Crippen LogP contribution in [-0.2, 0) is 25.7 Å². The van der Waals surface area contributed by atoms with Crippen LogP contribution in [0.1, 0.15) is 45.6 Å². The van der Waals surface area contributed by atoms with Crippen LogP contribution in [0.15, 0.2) is 24.3 Å². The van der Waals surface area contributed by atoms with E-state index in [1.54, 1.807) is 32.9 Å². The smallest absolute Gasteiger partial charge is 0.423 e. The van der Waals surface area contributed by atoms with E-state index in [1.807, 2.05) is 0 Å². The Bertz CT molecular complexity index is 817. The number of hydrogen-bond acceptors (Lipinski definition) is 6. The number of rotatable bonds is 9. The van der Waals surface area contributed by atoms with Crippen LogP contribution in [0.3, 0.4) is 0 Å². The Morgan fingerprint density at radius 1 is 1.17 bits per heavy atom. The van der Waals surface area contributed by atoms with Crippen molar-refractivity contribution in [3.05, 3.63) is 29.8 Å². The zero-order valence-electron chi connectivity index (χ0n) is 17.4. The number of benzene rings is 1. The second kappa shape index (κ2) is 9.86. The van der Waals surface area contributed by atoms with Crippen molar-refractivity contribution in [3.63, 3.8) is 0 Å². The first-order chi connectivity index (χ1) is 14.0. The third kappa shape index (κ3) is 7.60. The van der Waals surface area contributed by atoms with Gasteiger partial charge in [-0.1, -0.05) is 24.3 Å². The topological polar surface area (TPSA) is 145 Å². The maximum absolute atomic E-state index is 12.7. The summed E-state index contributed by atoms with van der Waals surface area (Å²) >= 11 is 0. The summed E-state index contributed by atoms with van der Waals surface area (Å²) in [6, 6.07) is 5.12. The molecule has 0 saturated heterocycles. The molecule has 1 aliphatic rings. The molecule has 0 unspecified atom stereocenters. The summed E-state index contributed by atoms with van der Waals surface area (Å²) in [6.07, 6.45) is 0.990. The molecule has 162 valence electrons. The molecule has 0 aliphatic heterocycles. The van der Waals surface area contributed by atoms with Crippen molar-refractivity contribution in [2.75, 3.05) is 0 Å². The second-order valence-corrected chi connectivity index (χ2v) is 8.50. The molecule has 30 heavy (non-hydrogen) atoms. The van der Waals surface area contributed by atoms with Gasteiger partial charge in [-0.3, -0.25) is 19.2 Å². The Balaban J connectivity index is 2.04. The summed E-state index contributed by atoms with van der Waals surface area (Å²) in [7, 11) is -1.64. The molecule has 0 radical (unpaired) electrons. The fourth-order valence-corrected chi connectivity index (χ4v) is 2.80. The zero-order chi connectivity index (χ0) is 22.5. The number of amides is 3. The molecule has 1 aromatic rings. The Morgan fingerprint density at radius 3 is 2.40 bits per heavy atom. The van der Waals surface area contributed by atoms with E-state index >= 15 is 0 Å². The van der Waals surface area contributed by atoms with Crippen molar-refractivity contribution in [1.82, 2.24) is 16.0 Å². The van der Waals surface area contributed by atoms with Gasteiger partial charge in [0.1, 0.15) is 6.04 Å². The third-order valence-electron chi connectivity index (χ3n) is 4.41. The van der Waals surface area contributed by atoms with Crippen LogP contribution >= 0.6 is 0 Å². The zero-order valence-corrected chi connectivity index (χ0v) is 17.4. The number of carbonyl (C=O) groups is 4. The first kappa shape index (κ1) is 23.6. The summed E-state index contributed by atoms with van der Waals surface area (Å²) < 4.78 is 0. The highest BCUT2D eigenvalue weighted by atomic mass is 16.4. The van der Waals surface area contributed by atoms with Crippen molar-refractivity contribution in [1.29, 1.82) is 0 Å². The fourth-order valence-electron chi connectivity index (χ4n) is 2.80. The van der Waals surface area contributed by atoms with Gasteiger partial charge in [-0.2, -0.15) is 0 Å². The van der Waals surface area contributed by atoms with Crippen LogP contribution in [0.25, 0.3) is 0 Å². The molecule has 0 heterocycles. The molecule has 1 saturated carbocycles. The highest BCUT2D eigenvalue weighted by molar-refractivity contribution is 6.58. The van der Waals surface area contributed by atoms with Crippen LogP contribution < -0.4 is 21.4 Å². The van der Waals surface area contributed by atoms with E-state index < -0.39 is 42.2 Å². The van der Waals surface area contributed by atoms with Gasteiger partial charge in [0, 0.05) is 18.0 Å². The maximum Gasteiger partial charge on any atom is 0.488 e. The van der Waals surface area contributed by atoms with Crippen molar-refractivity contribution < 1.29 is 29.2 Å². The lowest BCUT2D eigenvalue weighted by atomic mass is 9.79. The van der Waals surface area contributed by atoms with Crippen LogP contribution in [0.2, 0.25) is 0 Å². The van der Waals surface area contributed by atoms with Gasteiger partial charge >= 0.3 is 7.12 Å². The summed E-state index contributed by atoms with van der Waals surface area (Å²) in [5.41, 5.74) is 0.357. The summed E-state index contributed by atoms with van der Waals surface area (Å²) in [5.74, 6) is -2.80. The number of hydrogen-bond donors (Lipinski definition) is 5. The number of ketones is 1. The minimum absolute atomic E-state index is 0.0449. The van der Waals surface area contributed by atoms with E-state index in [0.717, 1.165) is 0 Å². The predicted octanol–water partition coefficient (Wildman–Crippen LogP) is -1.25. The van der Waals surface area contributed by atoms with Gasteiger partial charge in [0.15, 0.2) is 0 Å². The summed E-state index contributed by atoms with van der Waals surface area (Å²) in [4.78, 5) is 49.1. The molecule has 1 atom stereocenters. The van der Waals surface area contributed by atoms with Crippen molar-refractivity contribution in [3.8, 4) is 0 Å². The molecular weight excluding hydrogens is 389 g/mol. The minimum atomic E-state index is -1.64. The lowest BCUT2D eigenvalue weighted by Gasteiger charge is -2.23. The highest BCUT2D eigenvalue weighted by Gasteiger charge is 2.36. The van der Waals surface area contributed by atoms with Crippen LogP contribution in [0.4, 0.5) is 0 Å². The van der Waals surface area contributed by atoms with Gasteiger partial charge in [0.25, 0.3) is 5.91 Å². The van der Waals surface area contributed by atoms with Gasteiger partial charge in [-0.15, -0.1) is 0 Å². The van der Waals surface area contributed by atoms with E-state index in [9.17, 15) is 29.2 Å². The van der Waals surface area contributed by atoms with Crippen LogP contribution in [0.5, 0.6) is 0 Å². The first-order valence-corrected chi connectivity index (χ1v) is 9.84. The standard InChI is InChI=1S/C20H28BN3O6/c1-20(2,3)24-16(25)10-15(23-19(28)17(26)13-7-8-13)18(27)22-11-12-5-4-6-14(9-12)21(29)30/h4-6,9,13,15,29-30H,7-8,10-11H2,1-3H3,(H,22,27)(H,23,28)(H,24,25)/t15-/m0/s1. The predicted molar refractivity (Wildman–Crippen MR) is 110 cm³/mol. The largest absolute Gasteiger partial charge is 0.488 e. The normalized spacial score (nSPS) is 14.4. The molecule has 0 spiro atoms. The lowest BCUT2D eigenvalue weighted by Crippen LogP contribution is -2.52. The Hall–Kier alpha value is -2.72. The van der Waals surface area contributed by atoms with Crippen molar-refractivity contribution >= 4 is 36.1 Å². The molecule has 0 bridgehead atoms. The van der Waals surface area contributed by atoms with Gasteiger partial charge in [-0.05, 0) is 44.6 Å². The Morgan fingerprint density at radius 2 is 1.83 bits per heavy atom. The SMILES string of the molecule is CC(C)(C)NC(=O)C[C@H](NC(=O)C(=O)C1CC1)C(=O)NCc1cccc(B(O)O)c1. The molecule has 3 amide bonds. The van der Waals surface area contributed by atoms with E-state index in [4.69, 9.17) is 0 Å². The lowest BCUT2D eigenvalue weighted by molar-refractivity contribution is -0.140. The molecule has 10 heteroatoms. The summed E-state index contributed by atoms with van der Waals surface area (Å²) in [6.45, 7) is 5.41. The molecule has 1 aromatic carbocycles. The van der Waals surface area contributed by atoms with Crippen LogP contribution in [0, 0.1) is 5.92 Å². The van der Waals surface area contributed by atoms with Crippen molar-refractivity contribution in [2.24, 2.45) is 5.92 Å². The first-order valence-electron chi connectivity index (χ1n) is 9.84. The van der Waals surface area contributed by atoms with Crippen molar-refractivity contribution in [2.45, 2.75) is 58.2 Å². The van der Waals surface area contributed by atoms with E-state index in [2.05, 4.69) is 16.0 Å². The molecule has 2 rings (SSSR count). The average molecular weight is 417 g/mol. The minimum Gasteiger partial charge on any atom is -0.423 e. The monoisotopic (exact) mass is 417 g/mol. The number of carbonyl (C=O) groups excluding carboxylic acids is 4. The fraction of sp³-hybridized carbons (Fsp3) is 0.500. The van der Waals surface area contributed by atoms with Gasteiger partial charge in [0.05, 0.1) is 6.42 Å². The van der Waals surface area contributed by atoms with Gasteiger partial charge < -0.3 is 26.0 Å². The molecular formula is C20H28BN3O6. The van der Waals surface area contributed by atoms with Gasteiger partial charge in [0.2, 0.25) is 17.6 Å². The van der Waals surface area contributed by atoms with Crippen LogP contribution in [-0.4, -0.2) is 52.3 Å². The average Bonchev–Trinajstić information content (AvgIpc) is 3.48.